The van der Waals surface area contributed by atoms with Gasteiger partial charge in [-0.2, -0.15) is 0 Å². The van der Waals surface area contributed by atoms with Crippen molar-refractivity contribution < 1.29 is 19.1 Å². The van der Waals surface area contributed by atoms with Gasteiger partial charge in [0.05, 0.1) is 11.6 Å². The number of hydrogen-bond donors (Lipinski definition) is 3. The first kappa shape index (κ1) is 30.3. The number of nitrogens with one attached hydrogen (secondary N) is 3. The second-order valence-electron chi connectivity index (χ2n) is 9.34. The van der Waals surface area contributed by atoms with Crippen LogP contribution in [0.4, 0.5) is 5.69 Å². The summed E-state index contributed by atoms with van der Waals surface area (Å²) in [6, 6.07) is 7.61. The first-order valence-electron chi connectivity index (χ1n) is 11.5. The third-order valence-electron chi connectivity index (χ3n) is 4.83. The number of rotatable bonds is 6. The molecule has 0 aromatic heterocycles. The number of benzene rings is 1. The van der Waals surface area contributed by atoms with E-state index in [2.05, 4.69) is 43.5 Å². The number of halogens is 1. The molecule has 9 nitrogen and oxygen atoms in total. The maximum absolute atomic E-state index is 11.8. The smallest absolute Gasteiger partial charge is 0.310 e. The predicted molar refractivity (Wildman–Crippen MR) is 143 cm³/mol. The van der Waals surface area contributed by atoms with Gasteiger partial charge in [-0.15, -0.1) is 0 Å². The van der Waals surface area contributed by atoms with Crippen LogP contribution in [-0.4, -0.2) is 55.5 Å². The second-order valence-corrected chi connectivity index (χ2v) is 10.2. The highest BCUT2D eigenvalue weighted by Gasteiger charge is 2.22. The van der Waals surface area contributed by atoms with Crippen LogP contribution in [0.5, 0.6) is 0 Å². The number of anilines is 1. The van der Waals surface area contributed by atoms with E-state index in [0.717, 1.165) is 36.1 Å². The third kappa shape index (κ3) is 13.1. The molecule has 1 aromatic carbocycles. The number of amides is 2. The lowest BCUT2D eigenvalue weighted by Crippen LogP contribution is -2.39. The van der Waals surface area contributed by atoms with Gasteiger partial charge in [0, 0.05) is 24.9 Å². The first-order chi connectivity index (χ1) is 16.4. The van der Waals surface area contributed by atoms with Crippen molar-refractivity contribution in [3.05, 3.63) is 41.5 Å². The number of ether oxygens (including phenoxy) is 1. The highest BCUT2D eigenvalue weighted by Crippen LogP contribution is 2.24. The fourth-order valence-electron chi connectivity index (χ4n) is 3.05. The number of guanidine groups is 1. The SMILES string of the molecule is C=CN(C)/C(=N/COC(=O)C1CCNCC1)NC(C)=O.CC(C)(C)CC(=O)Nc1ccccc1Br. The summed E-state index contributed by atoms with van der Waals surface area (Å²) in [6.07, 6.45) is 3.60. The molecule has 0 saturated carbocycles. The minimum atomic E-state index is -0.248. The van der Waals surface area contributed by atoms with Crippen LogP contribution in [-0.2, 0) is 19.1 Å². The summed E-state index contributed by atoms with van der Waals surface area (Å²) in [7, 11) is 1.69. The average molecular weight is 553 g/mol. The molecule has 1 aliphatic rings. The molecule has 2 rings (SSSR count). The van der Waals surface area contributed by atoms with Crippen molar-refractivity contribution in [2.24, 2.45) is 16.3 Å². The molecule has 0 spiro atoms. The Labute approximate surface area is 216 Å². The predicted octanol–water partition coefficient (Wildman–Crippen LogP) is 3.88. The molecule has 0 unspecified atom stereocenters. The van der Waals surface area contributed by atoms with Crippen LogP contribution in [0, 0.1) is 11.3 Å². The number of aliphatic imine (C=N–C) groups is 1. The largest absolute Gasteiger partial charge is 0.442 e. The Kier molecular flexibility index (Phi) is 13.3. The molecule has 0 bridgehead atoms. The number of piperidine rings is 1. The number of nitrogens with zero attached hydrogens (tertiary/aromatic N) is 2. The number of para-hydroxylation sites is 1. The lowest BCUT2D eigenvalue weighted by molar-refractivity contribution is -0.149. The highest BCUT2D eigenvalue weighted by molar-refractivity contribution is 9.10. The zero-order valence-electron chi connectivity index (χ0n) is 21.3. The molecule has 3 N–H and O–H groups in total. The van der Waals surface area contributed by atoms with Crippen molar-refractivity contribution in [3.63, 3.8) is 0 Å². The van der Waals surface area contributed by atoms with Crippen LogP contribution in [0.2, 0.25) is 0 Å². The molecule has 10 heteroatoms. The van der Waals surface area contributed by atoms with E-state index in [9.17, 15) is 14.4 Å². The normalized spacial score (nSPS) is 14.2. The van der Waals surface area contributed by atoms with Crippen molar-refractivity contribution in [1.29, 1.82) is 0 Å². The molecule has 1 fully saturated rings. The Hall–Kier alpha value is -2.72. The molecule has 0 radical (unpaired) electrons. The molecule has 0 aliphatic carbocycles. The lowest BCUT2D eigenvalue weighted by Gasteiger charge is -2.21. The summed E-state index contributed by atoms with van der Waals surface area (Å²) < 4.78 is 6.03. The first-order valence-corrected chi connectivity index (χ1v) is 12.3. The summed E-state index contributed by atoms with van der Waals surface area (Å²) in [5.74, 6) is -0.200. The monoisotopic (exact) mass is 551 g/mol. The van der Waals surface area contributed by atoms with Crippen LogP contribution in [0.1, 0.15) is 47.0 Å². The zero-order chi connectivity index (χ0) is 26.4. The van der Waals surface area contributed by atoms with Crippen LogP contribution in [0.3, 0.4) is 0 Å². The average Bonchev–Trinajstić information content (AvgIpc) is 2.79. The Morgan fingerprint density at radius 2 is 1.89 bits per heavy atom. The van der Waals surface area contributed by atoms with Gasteiger partial charge in [0.2, 0.25) is 17.8 Å². The third-order valence-corrected chi connectivity index (χ3v) is 5.52. The molecule has 0 atom stereocenters. The second kappa shape index (κ2) is 15.3. The van der Waals surface area contributed by atoms with E-state index in [1.807, 2.05) is 45.0 Å². The van der Waals surface area contributed by atoms with E-state index in [0.29, 0.717) is 12.4 Å². The summed E-state index contributed by atoms with van der Waals surface area (Å²) in [5.41, 5.74) is 0.845. The van der Waals surface area contributed by atoms with Gasteiger partial charge in [0.1, 0.15) is 0 Å². The van der Waals surface area contributed by atoms with Gasteiger partial charge in [-0.25, -0.2) is 4.99 Å². The van der Waals surface area contributed by atoms with Crippen molar-refractivity contribution in [2.75, 3.05) is 32.2 Å². The quantitative estimate of drug-likeness (QED) is 0.281. The van der Waals surface area contributed by atoms with Gasteiger partial charge in [-0.05, 0) is 65.6 Å². The maximum atomic E-state index is 11.8. The zero-order valence-corrected chi connectivity index (χ0v) is 22.9. The van der Waals surface area contributed by atoms with Gasteiger partial charge in [0.25, 0.3) is 0 Å². The molecule has 1 heterocycles. The summed E-state index contributed by atoms with van der Waals surface area (Å²) in [5, 5.41) is 8.62. The topological polar surface area (TPSA) is 112 Å². The molecule has 35 heavy (non-hydrogen) atoms. The fourth-order valence-corrected chi connectivity index (χ4v) is 3.44. The summed E-state index contributed by atoms with van der Waals surface area (Å²) in [6.45, 7) is 12.7. The number of esters is 1. The minimum Gasteiger partial charge on any atom is -0.442 e. The maximum Gasteiger partial charge on any atom is 0.310 e. The fraction of sp³-hybridized carbons (Fsp3) is 0.520. The van der Waals surface area contributed by atoms with Crippen LogP contribution in [0.25, 0.3) is 0 Å². The minimum absolute atomic E-state index is 0.0192. The molecular formula is C25H38BrN5O4. The van der Waals surface area contributed by atoms with Gasteiger partial charge >= 0.3 is 5.97 Å². The van der Waals surface area contributed by atoms with Gasteiger partial charge in [0.15, 0.2) is 6.73 Å². The Bertz CT molecular complexity index is 892. The number of carbonyl (C=O) groups is 3. The van der Waals surface area contributed by atoms with Crippen LogP contribution < -0.4 is 16.0 Å². The molecule has 1 aromatic rings. The molecule has 1 saturated heterocycles. The van der Waals surface area contributed by atoms with Gasteiger partial charge in [-0.1, -0.05) is 39.5 Å². The van der Waals surface area contributed by atoms with Crippen molar-refractivity contribution in [2.45, 2.75) is 47.0 Å². The Balaban J connectivity index is 0.000000365. The van der Waals surface area contributed by atoms with Gasteiger partial charge in [-0.3, -0.25) is 19.7 Å². The molecule has 194 valence electrons. The number of carbonyl (C=O) groups excluding carboxylic acids is 3. The van der Waals surface area contributed by atoms with E-state index >= 15 is 0 Å². The van der Waals surface area contributed by atoms with Crippen LogP contribution in [0.15, 0.2) is 46.5 Å². The molecular weight excluding hydrogens is 514 g/mol. The molecule has 2 amide bonds. The van der Waals surface area contributed by atoms with E-state index in [-0.39, 0.29) is 35.8 Å². The van der Waals surface area contributed by atoms with Crippen molar-refractivity contribution in [1.82, 2.24) is 15.5 Å². The van der Waals surface area contributed by atoms with E-state index in [1.54, 1.807) is 11.9 Å². The summed E-state index contributed by atoms with van der Waals surface area (Å²) in [4.78, 5) is 40.1. The highest BCUT2D eigenvalue weighted by atomic mass is 79.9. The van der Waals surface area contributed by atoms with E-state index in [1.165, 1.54) is 13.1 Å². The Morgan fingerprint density at radius 3 is 2.43 bits per heavy atom. The van der Waals surface area contributed by atoms with E-state index in [4.69, 9.17) is 4.74 Å². The standard InChI is InChI=1S/C13H22N4O3.C12H16BrNO/c1-4-17(3)13(16-10(2)18)15-9-20-12(19)11-5-7-14-8-6-11;1-12(2,3)8-11(15)14-10-7-5-4-6-9(10)13/h4,11,14H,1,5-9H2,2-3H3,(H,15,16,18);4-7H,8H2,1-3H3,(H,14,15). The molecule has 1 aliphatic heterocycles. The number of hydrogen-bond acceptors (Lipinski definition) is 6. The van der Waals surface area contributed by atoms with Crippen molar-refractivity contribution in [3.8, 4) is 0 Å². The van der Waals surface area contributed by atoms with Crippen molar-refractivity contribution >= 4 is 45.4 Å². The van der Waals surface area contributed by atoms with E-state index < -0.39 is 0 Å². The lowest BCUT2D eigenvalue weighted by atomic mass is 9.92. The summed E-state index contributed by atoms with van der Waals surface area (Å²) >= 11 is 3.39. The van der Waals surface area contributed by atoms with Gasteiger partial charge < -0.3 is 20.3 Å². The van der Waals surface area contributed by atoms with Crippen LogP contribution >= 0.6 is 15.9 Å². The Morgan fingerprint density at radius 1 is 1.26 bits per heavy atom.